The zero-order valence-corrected chi connectivity index (χ0v) is 9.49. The molecule has 0 aromatic carbocycles. The van der Waals surface area contributed by atoms with Crippen LogP contribution >= 0.6 is 0 Å². The monoisotopic (exact) mass is 176 g/mol. The standard InChI is InChI=1S/C7H12.C6H8/c1-5-6-7(2,3)4;1-2-3-6-4-5-6/h1-4H3;6H,4-5H2,1H3. The molecule has 0 atom stereocenters. The van der Waals surface area contributed by atoms with E-state index in [0.717, 1.165) is 5.92 Å². The predicted molar refractivity (Wildman–Crippen MR) is 59.1 cm³/mol. The zero-order valence-electron chi connectivity index (χ0n) is 9.49. The molecule has 0 N–H and O–H groups in total. The average Bonchev–Trinajstić information content (AvgIpc) is 2.70. The van der Waals surface area contributed by atoms with E-state index in [1.807, 2.05) is 13.8 Å². The molecule has 13 heavy (non-hydrogen) atoms. The van der Waals surface area contributed by atoms with Crippen molar-refractivity contribution < 1.29 is 0 Å². The van der Waals surface area contributed by atoms with Crippen molar-refractivity contribution in [3.05, 3.63) is 0 Å². The third-order valence-electron chi connectivity index (χ3n) is 1.43. The molecular weight excluding hydrogens is 156 g/mol. The van der Waals surface area contributed by atoms with Crippen molar-refractivity contribution in [1.82, 2.24) is 0 Å². The molecular formula is C13H20. The average molecular weight is 176 g/mol. The van der Waals surface area contributed by atoms with Crippen LogP contribution in [0.25, 0.3) is 0 Å². The van der Waals surface area contributed by atoms with Gasteiger partial charge in [0.15, 0.2) is 0 Å². The normalized spacial score (nSPS) is 13.9. The molecule has 0 heteroatoms. The van der Waals surface area contributed by atoms with Gasteiger partial charge in [0.25, 0.3) is 0 Å². The summed E-state index contributed by atoms with van der Waals surface area (Å²) in [6.07, 6.45) is 2.70. The van der Waals surface area contributed by atoms with Gasteiger partial charge in [0.05, 0.1) is 0 Å². The van der Waals surface area contributed by atoms with Crippen LogP contribution in [0.3, 0.4) is 0 Å². The summed E-state index contributed by atoms with van der Waals surface area (Å²) in [5.74, 6) is 12.6. The molecule has 0 nitrogen and oxygen atoms in total. The van der Waals surface area contributed by atoms with Gasteiger partial charge in [-0.05, 0) is 47.5 Å². The van der Waals surface area contributed by atoms with Gasteiger partial charge < -0.3 is 0 Å². The first kappa shape index (κ1) is 12.1. The summed E-state index contributed by atoms with van der Waals surface area (Å²) in [6, 6.07) is 0. The summed E-state index contributed by atoms with van der Waals surface area (Å²) in [5, 5.41) is 0. The minimum Gasteiger partial charge on any atom is -0.106 e. The Labute approximate surface area is 83.1 Å². The van der Waals surface area contributed by atoms with Gasteiger partial charge in [-0.3, -0.25) is 0 Å². The van der Waals surface area contributed by atoms with E-state index in [9.17, 15) is 0 Å². The fraction of sp³-hybridized carbons (Fsp3) is 0.692. The quantitative estimate of drug-likeness (QED) is 0.496. The van der Waals surface area contributed by atoms with E-state index in [0.29, 0.717) is 0 Å². The van der Waals surface area contributed by atoms with Crippen molar-refractivity contribution in [3.8, 4) is 23.7 Å². The highest BCUT2D eigenvalue weighted by Crippen LogP contribution is 2.27. The van der Waals surface area contributed by atoms with Gasteiger partial charge in [-0.2, -0.15) is 0 Å². The number of hydrogen-bond donors (Lipinski definition) is 0. The smallest absolute Gasteiger partial charge is 0.0230 e. The van der Waals surface area contributed by atoms with Gasteiger partial charge in [-0.25, -0.2) is 0 Å². The highest BCUT2D eigenvalue weighted by atomic mass is 14.2. The van der Waals surface area contributed by atoms with Gasteiger partial charge in [0.2, 0.25) is 0 Å². The fourth-order valence-electron chi connectivity index (χ4n) is 0.807. The van der Waals surface area contributed by atoms with Crippen LogP contribution in [0, 0.1) is 35.0 Å². The van der Waals surface area contributed by atoms with Crippen LogP contribution in [0.2, 0.25) is 0 Å². The van der Waals surface area contributed by atoms with Gasteiger partial charge in [-0.1, -0.05) is 5.92 Å². The van der Waals surface area contributed by atoms with E-state index < -0.39 is 0 Å². The van der Waals surface area contributed by atoms with Crippen molar-refractivity contribution in [1.29, 1.82) is 0 Å². The molecule has 0 unspecified atom stereocenters. The van der Waals surface area contributed by atoms with E-state index in [4.69, 9.17) is 0 Å². The summed E-state index contributed by atoms with van der Waals surface area (Å²) in [7, 11) is 0. The molecule has 0 saturated heterocycles. The van der Waals surface area contributed by atoms with Gasteiger partial charge in [-0.15, -0.1) is 17.8 Å². The van der Waals surface area contributed by atoms with Gasteiger partial charge >= 0.3 is 0 Å². The molecule has 1 fully saturated rings. The van der Waals surface area contributed by atoms with Crippen LogP contribution in [0.1, 0.15) is 47.5 Å². The Balaban J connectivity index is 0.000000223. The van der Waals surface area contributed by atoms with Gasteiger partial charge in [0.1, 0.15) is 0 Å². The highest BCUT2D eigenvalue weighted by molar-refractivity contribution is 5.06. The maximum Gasteiger partial charge on any atom is 0.0230 e. The molecule has 0 aliphatic heterocycles. The Bertz CT molecular complexity index is 240. The fourth-order valence-corrected chi connectivity index (χ4v) is 0.807. The highest BCUT2D eigenvalue weighted by Gasteiger charge is 2.17. The third kappa shape index (κ3) is 11.1. The van der Waals surface area contributed by atoms with Gasteiger partial charge in [0, 0.05) is 11.3 Å². The maximum atomic E-state index is 3.07. The summed E-state index contributed by atoms with van der Waals surface area (Å²) in [5.41, 5.74) is 0.189. The topological polar surface area (TPSA) is 0 Å². The minimum absolute atomic E-state index is 0.189. The lowest BCUT2D eigenvalue weighted by molar-refractivity contribution is 0.571. The van der Waals surface area contributed by atoms with Crippen LogP contribution in [0.15, 0.2) is 0 Å². The minimum atomic E-state index is 0.189. The van der Waals surface area contributed by atoms with Crippen molar-refractivity contribution >= 4 is 0 Å². The lowest BCUT2D eigenvalue weighted by Crippen LogP contribution is -1.98. The van der Waals surface area contributed by atoms with E-state index in [1.54, 1.807) is 0 Å². The molecule has 72 valence electrons. The molecule has 1 saturated carbocycles. The number of hydrogen-bond acceptors (Lipinski definition) is 0. The summed E-state index contributed by atoms with van der Waals surface area (Å²) in [6.45, 7) is 10.1. The summed E-state index contributed by atoms with van der Waals surface area (Å²) in [4.78, 5) is 0. The lowest BCUT2D eigenvalue weighted by atomic mass is 9.98. The third-order valence-corrected chi connectivity index (χ3v) is 1.43. The van der Waals surface area contributed by atoms with Crippen LogP contribution in [-0.2, 0) is 0 Å². The zero-order chi connectivity index (χ0) is 10.3. The first-order valence-corrected chi connectivity index (χ1v) is 4.86. The van der Waals surface area contributed by atoms with Crippen molar-refractivity contribution in [3.63, 3.8) is 0 Å². The molecule has 0 bridgehead atoms. The Morgan fingerprint density at radius 1 is 1.00 bits per heavy atom. The maximum absolute atomic E-state index is 3.07. The van der Waals surface area contributed by atoms with Crippen molar-refractivity contribution in [2.75, 3.05) is 0 Å². The SMILES string of the molecule is CC#CC(C)(C)C.CC#CC1CC1. The second kappa shape index (κ2) is 5.71. The summed E-state index contributed by atoms with van der Waals surface area (Å²) >= 11 is 0. The Morgan fingerprint density at radius 3 is 1.62 bits per heavy atom. The molecule has 1 rings (SSSR count). The molecule has 0 aromatic heterocycles. The molecule has 1 aliphatic rings. The molecule has 0 amide bonds. The molecule has 1 aliphatic carbocycles. The largest absolute Gasteiger partial charge is 0.106 e. The predicted octanol–water partition coefficient (Wildman–Crippen LogP) is 3.48. The Morgan fingerprint density at radius 2 is 1.54 bits per heavy atom. The first-order valence-electron chi connectivity index (χ1n) is 4.86. The second-order valence-corrected chi connectivity index (χ2v) is 4.29. The molecule has 0 aromatic rings. The summed E-state index contributed by atoms with van der Waals surface area (Å²) < 4.78 is 0. The second-order valence-electron chi connectivity index (χ2n) is 4.29. The van der Waals surface area contributed by atoms with Crippen molar-refractivity contribution in [2.45, 2.75) is 47.5 Å². The molecule has 0 radical (unpaired) electrons. The first-order chi connectivity index (χ1) is 5.99. The lowest BCUT2D eigenvalue weighted by Gasteiger charge is -2.05. The molecule has 0 heterocycles. The van der Waals surface area contributed by atoms with E-state index >= 15 is 0 Å². The molecule has 0 spiro atoms. The van der Waals surface area contributed by atoms with E-state index in [1.165, 1.54) is 12.8 Å². The Kier molecular flexibility index (Phi) is 5.33. The van der Waals surface area contributed by atoms with E-state index in [-0.39, 0.29) is 5.41 Å². The van der Waals surface area contributed by atoms with E-state index in [2.05, 4.69) is 44.5 Å². The van der Waals surface area contributed by atoms with Crippen LogP contribution in [0.4, 0.5) is 0 Å². The van der Waals surface area contributed by atoms with Crippen molar-refractivity contribution in [2.24, 2.45) is 11.3 Å². The number of rotatable bonds is 0. The van der Waals surface area contributed by atoms with Crippen LogP contribution < -0.4 is 0 Å². The Hall–Kier alpha value is -0.880. The van der Waals surface area contributed by atoms with Crippen LogP contribution in [0.5, 0.6) is 0 Å². The van der Waals surface area contributed by atoms with Crippen LogP contribution in [-0.4, -0.2) is 0 Å².